The van der Waals surface area contributed by atoms with Crippen LogP contribution in [0.25, 0.3) is 0 Å². The number of aromatic nitrogens is 1. The lowest BCUT2D eigenvalue weighted by Gasteiger charge is -2.16. The van der Waals surface area contributed by atoms with E-state index < -0.39 is 0 Å². The zero-order valence-electron chi connectivity index (χ0n) is 6.61. The second kappa shape index (κ2) is 2.70. The van der Waals surface area contributed by atoms with Gasteiger partial charge < -0.3 is 10.3 Å². The van der Waals surface area contributed by atoms with Crippen LogP contribution in [0.5, 0.6) is 0 Å². The summed E-state index contributed by atoms with van der Waals surface area (Å²) in [5.74, 6) is 0. The average molecular weight is 150 g/mol. The van der Waals surface area contributed by atoms with Crippen molar-refractivity contribution in [2.24, 2.45) is 5.73 Å². The van der Waals surface area contributed by atoms with Crippen molar-refractivity contribution in [3.8, 4) is 0 Å². The molecule has 0 aromatic carbocycles. The Morgan fingerprint density at radius 2 is 1.91 bits per heavy atom. The zero-order chi connectivity index (χ0) is 7.68. The van der Waals surface area contributed by atoms with Crippen LogP contribution in [0.15, 0.2) is 24.5 Å². The van der Waals surface area contributed by atoms with Crippen LogP contribution in [0.1, 0.15) is 25.3 Å². The van der Waals surface area contributed by atoms with E-state index in [9.17, 15) is 0 Å². The van der Waals surface area contributed by atoms with Gasteiger partial charge in [0.05, 0.1) is 0 Å². The highest BCUT2D eigenvalue weighted by atomic mass is 15.0. The summed E-state index contributed by atoms with van der Waals surface area (Å²) in [5.41, 5.74) is 5.95. The molecule has 60 valence electrons. The highest BCUT2D eigenvalue weighted by Gasteiger charge is 2.24. The van der Waals surface area contributed by atoms with E-state index in [4.69, 9.17) is 5.73 Å². The Morgan fingerprint density at radius 3 is 2.45 bits per heavy atom. The molecule has 2 heteroatoms. The quantitative estimate of drug-likeness (QED) is 0.646. The number of hydrogen-bond acceptors (Lipinski definition) is 1. The van der Waals surface area contributed by atoms with Crippen LogP contribution in [0, 0.1) is 0 Å². The molecule has 0 amide bonds. The van der Waals surface area contributed by atoms with Crippen LogP contribution in [-0.4, -0.2) is 10.6 Å². The molecule has 2 rings (SSSR count). The fourth-order valence-corrected chi connectivity index (χ4v) is 1.91. The summed E-state index contributed by atoms with van der Waals surface area (Å²) in [6.07, 6.45) is 7.93. The molecular weight excluding hydrogens is 136 g/mol. The van der Waals surface area contributed by atoms with Gasteiger partial charge in [0.1, 0.15) is 0 Å². The van der Waals surface area contributed by atoms with Crippen molar-refractivity contribution in [1.82, 2.24) is 4.57 Å². The van der Waals surface area contributed by atoms with Crippen LogP contribution < -0.4 is 5.73 Å². The van der Waals surface area contributed by atoms with Crippen LogP contribution in [0.2, 0.25) is 0 Å². The maximum absolute atomic E-state index is 5.95. The molecule has 0 aliphatic heterocycles. The predicted molar refractivity (Wildman–Crippen MR) is 45.3 cm³/mol. The van der Waals surface area contributed by atoms with Crippen LogP contribution in [-0.2, 0) is 0 Å². The molecule has 1 aromatic heterocycles. The lowest BCUT2D eigenvalue weighted by Crippen LogP contribution is -2.26. The SMILES string of the molecule is NC1CCCC1n1cccc1. The summed E-state index contributed by atoms with van der Waals surface area (Å²) in [6.45, 7) is 0. The molecule has 0 bridgehead atoms. The summed E-state index contributed by atoms with van der Waals surface area (Å²) in [7, 11) is 0. The summed E-state index contributed by atoms with van der Waals surface area (Å²) in [4.78, 5) is 0. The third-order valence-corrected chi connectivity index (χ3v) is 2.54. The second-order valence-electron chi connectivity index (χ2n) is 3.29. The average Bonchev–Trinajstić information content (AvgIpc) is 2.55. The van der Waals surface area contributed by atoms with E-state index >= 15 is 0 Å². The van der Waals surface area contributed by atoms with Crippen molar-refractivity contribution in [1.29, 1.82) is 0 Å². The standard InChI is InChI=1S/C9H14N2/c10-8-4-3-5-9(8)11-6-1-2-7-11/h1-2,6-9H,3-5,10H2. The molecule has 2 N–H and O–H groups in total. The van der Waals surface area contributed by atoms with E-state index in [1.807, 2.05) is 0 Å². The minimum atomic E-state index is 0.377. The fraction of sp³-hybridized carbons (Fsp3) is 0.556. The Morgan fingerprint density at radius 1 is 1.18 bits per heavy atom. The zero-order valence-corrected chi connectivity index (χ0v) is 6.61. The van der Waals surface area contributed by atoms with E-state index in [1.165, 1.54) is 19.3 Å². The number of nitrogens with two attached hydrogens (primary N) is 1. The van der Waals surface area contributed by atoms with E-state index in [2.05, 4.69) is 29.1 Å². The Hall–Kier alpha value is -0.760. The molecule has 2 unspecified atom stereocenters. The van der Waals surface area contributed by atoms with E-state index in [0.717, 1.165) is 0 Å². The van der Waals surface area contributed by atoms with Gasteiger partial charge in [0.2, 0.25) is 0 Å². The van der Waals surface area contributed by atoms with Crippen molar-refractivity contribution in [3.05, 3.63) is 24.5 Å². The highest BCUT2D eigenvalue weighted by Crippen LogP contribution is 2.28. The Kier molecular flexibility index (Phi) is 1.70. The van der Waals surface area contributed by atoms with Gasteiger partial charge in [-0.15, -0.1) is 0 Å². The van der Waals surface area contributed by atoms with E-state index in [-0.39, 0.29) is 0 Å². The first-order valence-electron chi connectivity index (χ1n) is 4.26. The third kappa shape index (κ3) is 1.18. The Bertz CT molecular complexity index is 215. The van der Waals surface area contributed by atoms with Crippen LogP contribution in [0.4, 0.5) is 0 Å². The van der Waals surface area contributed by atoms with Gasteiger partial charge in [-0.2, -0.15) is 0 Å². The van der Waals surface area contributed by atoms with Crippen LogP contribution >= 0.6 is 0 Å². The molecule has 1 aliphatic rings. The maximum Gasteiger partial charge on any atom is 0.0481 e. The van der Waals surface area contributed by atoms with Crippen molar-refractivity contribution in [3.63, 3.8) is 0 Å². The lowest BCUT2D eigenvalue weighted by molar-refractivity contribution is 0.464. The summed E-state index contributed by atoms with van der Waals surface area (Å²) in [6, 6.07) is 5.06. The van der Waals surface area contributed by atoms with Crippen LogP contribution in [0.3, 0.4) is 0 Å². The first kappa shape index (κ1) is 6.92. The topological polar surface area (TPSA) is 30.9 Å². The van der Waals surface area contributed by atoms with Gasteiger partial charge in [-0.1, -0.05) is 0 Å². The minimum absolute atomic E-state index is 0.377. The number of hydrogen-bond donors (Lipinski definition) is 1. The summed E-state index contributed by atoms with van der Waals surface area (Å²) in [5, 5.41) is 0. The van der Waals surface area contributed by atoms with Gasteiger partial charge >= 0.3 is 0 Å². The Labute approximate surface area is 67.0 Å². The summed E-state index contributed by atoms with van der Waals surface area (Å²) >= 11 is 0. The van der Waals surface area contributed by atoms with Gasteiger partial charge in [-0.25, -0.2) is 0 Å². The molecule has 0 radical (unpaired) electrons. The van der Waals surface area contributed by atoms with Crippen molar-refractivity contribution >= 4 is 0 Å². The molecule has 1 heterocycles. The van der Waals surface area contributed by atoms with Crippen molar-refractivity contribution < 1.29 is 0 Å². The highest BCUT2D eigenvalue weighted by molar-refractivity contribution is 4.97. The number of nitrogens with zero attached hydrogens (tertiary/aromatic N) is 1. The van der Waals surface area contributed by atoms with Gasteiger partial charge in [0.25, 0.3) is 0 Å². The number of rotatable bonds is 1. The predicted octanol–water partition coefficient (Wildman–Crippen LogP) is 1.54. The molecule has 11 heavy (non-hydrogen) atoms. The lowest BCUT2D eigenvalue weighted by atomic mass is 10.2. The van der Waals surface area contributed by atoms with E-state index in [0.29, 0.717) is 12.1 Å². The monoisotopic (exact) mass is 150 g/mol. The molecule has 1 saturated carbocycles. The molecule has 1 aliphatic carbocycles. The molecule has 1 aromatic rings. The molecule has 2 nitrogen and oxygen atoms in total. The molecule has 0 saturated heterocycles. The van der Waals surface area contributed by atoms with Crippen molar-refractivity contribution in [2.75, 3.05) is 0 Å². The minimum Gasteiger partial charge on any atom is -0.350 e. The molecule has 0 spiro atoms. The third-order valence-electron chi connectivity index (χ3n) is 2.54. The summed E-state index contributed by atoms with van der Waals surface area (Å²) < 4.78 is 2.23. The molecule has 2 atom stereocenters. The smallest absolute Gasteiger partial charge is 0.0481 e. The molecular formula is C9H14N2. The molecule has 1 fully saturated rings. The first-order chi connectivity index (χ1) is 5.38. The fourth-order valence-electron chi connectivity index (χ4n) is 1.91. The van der Waals surface area contributed by atoms with Gasteiger partial charge in [-0.3, -0.25) is 0 Å². The normalized spacial score (nSPS) is 31.0. The van der Waals surface area contributed by atoms with Gasteiger partial charge in [0.15, 0.2) is 0 Å². The Balaban J connectivity index is 2.16. The van der Waals surface area contributed by atoms with Crippen molar-refractivity contribution in [2.45, 2.75) is 31.3 Å². The largest absolute Gasteiger partial charge is 0.350 e. The van der Waals surface area contributed by atoms with Gasteiger partial charge in [0, 0.05) is 24.5 Å². The maximum atomic E-state index is 5.95. The second-order valence-corrected chi connectivity index (χ2v) is 3.29. The van der Waals surface area contributed by atoms with E-state index in [1.54, 1.807) is 0 Å². The first-order valence-corrected chi connectivity index (χ1v) is 4.26. The van der Waals surface area contributed by atoms with Gasteiger partial charge in [-0.05, 0) is 31.4 Å².